The molecule has 0 aromatic heterocycles. The van der Waals surface area contributed by atoms with E-state index in [4.69, 9.17) is 11.6 Å². The van der Waals surface area contributed by atoms with Crippen molar-refractivity contribution >= 4 is 36.4 Å². The highest BCUT2D eigenvalue weighted by Crippen LogP contribution is 2.35. The van der Waals surface area contributed by atoms with E-state index in [0.717, 1.165) is 6.07 Å². The summed E-state index contributed by atoms with van der Waals surface area (Å²) in [5, 5.41) is 2.95. The van der Waals surface area contributed by atoms with Crippen LogP contribution in [-0.4, -0.2) is 37.3 Å². The van der Waals surface area contributed by atoms with Crippen LogP contribution in [0.15, 0.2) is 18.2 Å². The van der Waals surface area contributed by atoms with Crippen LogP contribution >= 0.6 is 36.4 Å². The van der Waals surface area contributed by atoms with Crippen molar-refractivity contribution in [1.29, 1.82) is 0 Å². The fourth-order valence-electron chi connectivity index (χ4n) is 2.39. The molecule has 1 atom stereocenters. The molecule has 1 N–H and O–H groups in total. The molecule has 0 radical (unpaired) electrons. The molecule has 9 heteroatoms. The monoisotopic (exact) mass is 382 g/mol. The fraction of sp³-hybridized carbons (Fsp3) is 0.538. The average molecular weight is 384 g/mol. The molecule has 0 spiro atoms. The van der Waals surface area contributed by atoms with Crippen LogP contribution in [0.3, 0.4) is 0 Å². The Bertz CT molecular complexity index is 465. The smallest absolute Gasteiger partial charge is 0.314 e. The third-order valence-electron chi connectivity index (χ3n) is 3.35. The van der Waals surface area contributed by atoms with Gasteiger partial charge in [0.05, 0.1) is 11.4 Å². The molecule has 1 saturated heterocycles. The lowest BCUT2D eigenvalue weighted by Crippen LogP contribution is -2.46. The normalized spacial score (nSPS) is 17.3. The van der Waals surface area contributed by atoms with E-state index >= 15 is 0 Å². The molecular formula is C13H17Cl3F4N2. The van der Waals surface area contributed by atoms with Crippen molar-refractivity contribution < 1.29 is 17.6 Å². The summed E-state index contributed by atoms with van der Waals surface area (Å²) in [7, 11) is 0. The van der Waals surface area contributed by atoms with Gasteiger partial charge in [-0.1, -0.05) is 17.7 Å². The Morgan fingerprint density at radius 2 is 1.77 bits per heavy atom. The van der Waals surface area contributed by atoms with E-state index in [0.29, 0.717) is 31.7 Å². The molecule has 1 aromatic carbocycles. The second kappa shape index (κ2) is 9.13. The predicted octanol–water partition coefficient (Wildman–Crippen LogP) is 4.22. The lowest BCUT2D eigenvalue weighted by Gasteiger charge is -2.35. The van der Waals surface area contributed by atoms with Crippen LogP contribution in [0.1, 0.15) is 18.0 Å². The maximum absolute atomic E-state index is 13.2. The fourth-order valence-corrected chi connectivity index (χ4v) is 2.58. The molecule has 2 nitrogen and oxygen atoms in total. The molecule has 1 aliphatic rings. The van der Waals surface area contributed by atoms with E-state index in [-0.39, 0.29) is 29.8 Å². The molecule has 0 saturated carbocycles. The second-order valence-corrected chi connectivity index (χ2v) is 5.20. The van der Waals surface area contributed by atoms with Gasteiger partial charge >= 0.3 is 6.18 Å². The number of benzene rings is 1. The predicted molar refractivity (Wildman–Crippen MR) is 83.8 cm³/mol. The van der Waals surface area contributed by atoms with Crippen molar-refractivity contribution in [2.75, 3.05) is 26.2 Å². The quantitative estimate of drug-likeness (QED) is 0.786. The Labute approximate surface area is 144 Å². The summed E-state index contributed by atoms with van der Waals surface area (Å²) in [6.07, 6.45) is -5.24. The van der Waals surface area contributed by atoms with Crippen molar-refractivity contribution in [3.8, 4) is 0 Å². The number of nitrogens with zero attached hydrogens (tertiary/aromatic N) is 1. The molecule has 0 bridgehead atoms. The first-order valence-corrected chi connectivity index (χ1v) is 6.71. The Kier molecular flexibility index (Phi) is 9.02. The lowest BCUT2D eigenvalue weighted by molar-refractivity contribution is -0.148. The third kappa shape index (κ3) is 6.08. The molecule has 0 unspecified atom stereocenters. The van der Waals surface area contributed by atoms with Crippen molar-refractivity contribution in [2.24, 2.45) is 0 Å². The molecule has 22 heavy (non-hydrogen) atoms. The van der Waals surface area contributed by atoms with Gasteiger partial charge in [-0.15, -0.1) is 24.8 Å². The van der Waals surface area contributed by atoms with Gasteiger partial charge in [0.2, 0.25) is 0 Å². The zero-order valence-corrected chi connectivity index (χ0v) is 13.9. The van der Waals surface area contributed by atoms with Gasteiger partial charge in [0.25, 0.3) is 0 Å². The second-order valence-electron chi connectivity index (χ2n) is 4.79. The number of nitrogens with one attached hydrogen (secondary N) is 1. The molecule has 1 heterocycles. The molecular weight excluding hydrogens is 367 g/mol. The first-order valence-electron chi connectivity index (χ1n) is 6.33. The summed E-state index contributed by atoms with van der Waals surface area (Å²) >= 11 is 5.68. The van der Waals surface area contributed by atoms with Gasteiger partial charge in [-0.25, -0.2) is 4.39 Å². The van der Waals surface area contributed by atoms with Gasteiger partial charge < -0.3 is 5.32 Å². The van der Waals surface area contributed by atoms with E-state index in [1.807, 2.05) is 0 Å². The van der Waals surface area contributed by atoms with Crippen LogP contribution in [0.2, 0.25) is 5.02 Å². The first kappa shape index (κ1) is 21.7. The van der Waals surface area contributed by atoms with Crippen LogP contribution in [0.5, 0.6) is 0 Å². The minimum atomic E-state index is -4.28. The van der Waals surface area contributed by atoms with Crippen molar-refractivity contribution in [2.45, 2.75) is 18.6 Å². The summed E-state index contributed by atoms with van der Waals surface area (Å²) in [6.45, 7) is 2.33. The Hall–Kier alpha value is -0.270. The summed E-state index contributed by atoms with van der Waals surface area (Å²) < 4.78 is 51.5. The van der Waals surface area contributed by atoms with Gasteiger partial charge in [-0.3, -0.25) is 4.90 Å². The zero-order chi connectivity index (χ0) is 14.8. The number of halogens is 7. The SMILES string of the molecule is Cl.Cl.Fc1ccc([C@@H](CC(F)(F)F)N2CCNCC2)cc1Cl. The van der Waals surface area contributed by atoms with Gasteiger partial charge in [0.15, 0.2) is 0 Å². The van der Waals surface area contributed by atoms with Crippen LogP contribution in [0.25, 0.3) is 0 Å². The Morgan fingerprint density at radius 1 is 1.18 bits per heavy atom. The first-order chi connectivity index (χ1) is 9.37. The van der Waals surface area contributed by atoms with Gasteiger partial charge in [-0.05, 0) is 17.7 Å². The topological polar surface area (TPSA) is 15.3 Å². The highest BCUT2D eigenvalue weighted by Gasteiger charge is 2.36. The van der Waals surface area contributed by atoms with Crippen LogP contribution in [0.4, 0.5) is 17.6 Å². The van der Waals surface area contributed by atoms with E-state index < -0.39 is 24.5 Å². The summed E-state index contributed by atoms with van der Waals surface area (Å²) in [6, 6.07) is 2.95. The van der Waals surface area contributed by atoms with Gasteiger partial charge in [0.1, 0.15) is 5.82 Å². The summed E-state index contributed by atoms with van der Waals surface area (Å²) in [5.41, 5.74) is 0.399. The molecule has 0 amide bonds. The summed E-state index contributed by atoms with van der Waals surface area (Å²) in [4.78, 5) is 1.76. The number of hydrogen-bond donors (Lipinski definition) is 1. The van der Waals surface area contributed by atoms with E-state index in [2.05, 4.69) is 5.32 Å². The zero-order valence-electron chi connectivity index (χ0n) is 11.5. The molecule has 2 rings (SSSR count). The van der Waals surface area contributed by atoms with E-state index in [9.17, 15) is 17.6 Å². The highest BCUT2D eigenvalue weighted by molar-refractivity contribution is 6.30. The average Bonchev–Trinajstić information content (AvgIpc) is 2.39. The van der Waals surface area contributed by atoms with E-state index in [1.165, 1.54) is 12.1 Å². The molecule has 1 aromatic rings. The van der Waals surface area contributed by atoms with Crippen LogP contribution in [0, 0.1) is 5.82 Å². The third-order valence-corrected chi connectivity index (χ3v) is 3.64. The number of rotatable bonds is 3. The van der Waals surface area contributed by atoms with E-state index in [1.54, 1.807) is 4.90 Å². The van der Waals surface area contributed by atoms with Crippen molar-refractivity contribution in [3.05, 3.63) is 34.6 Å². The molecule has 1 aliphatic heterocycles. The minimum absolute atomic E-state index is 0. The van der Waals surface area contributed by atoms with Crippen LogP contribution in [-0.2, 0) is 0 Å². The maximum Gasteiger partial charge on any atom is 0.390 e. The van der Waals surface area contributed by atoms with Gasteiger partial charge in [0, 0.05) is 32.2 Å². The molecule has 1 fully saturated rings. The highest BCUT2D eigenvalue weighted by atomic mass is 35.5. The molecule has 128 valence electrons. The lowest BCUT2D eigenvalue weighted by atomic mass is 10.0. The Balaban J connectivity index is 0.00000220. The number of alkyl halides is 3. The summed E-state index contributed by atoms with van der Waals surface area (Å²) in [5.74, 6) is -0.624. The van der Waals surface area contributed by atoms with Crippen molar-refractivity contribution in [3.63, 3.8) is 0 Å². The van der Waals surface area contributed by atoms with Crippen LogP contribution < -0.4 is 5.32 Å². The number of hydrogen-bond acceptors (Lipinski definition) is 2. The molecule has 0 aliphatic carbocycles. The number of piperazine rings is 1. The maximum atomic E-state index is 13.2. The van der Waals surface area contributed by atoms with Gasteiger partial charge in [-0.2, -0.15) is 13.2 Å². The largest absolute Gasteiger partial charge is 0.390 e. The standard InChI is InChI=1S/C13H15ClF4N2.2ClH/c14-10-7-9(1-2-11(10)15)12(8-13(16,17)18)20-5-3-19-4-6-20;;/h1-2,7,12,19H,3-6,8H2;2*1H/t12-;;/m1../s1. The Morgan fingerprint density at radius 3 is 2.27 bits per heavy atom. The van der Waals surface area contributed by atoms with Crippen molar-refractivity contribution in [1.82, 2.24) is 10.2 Å². The minimum Gasteiger partial charge on any atom is -0.314 e.